The number of rotatable bonds is 4. The molecule has 3 heterocycles. The Balaban J connectivity index is 1.03. The third-order valence-electron chi connectivity index (χ3n) is 8.61. The van der Waals surface area contributed by atoms with Crippen LogP contribution in [0.5, 0.6) is 0 Å². The van der Waals surface area contributed by atoms with Crippen LogP contribution in [0.3, 0.4) is 0 Å². The Morgan fingerprint density at radius 2 is 1.74 bits per heavy atom. The molecule has 42 heavy (non-hydrogen) atoms. The summed E-state index contributed by atoms with van der Waals surface area (Å²) in [5, 5.41) is 7.02. The number of anilines is 2. The first-order chi connectivity index (χ1) is 20.3. The molecule has 8 rings (SSSR count). The molecule has 3 aromatic carbocycles. The highest BCUT2D eigenvalue weighted by Crippen LogP contribution is 2.66. The Bertz CT molecular complexity index is 2070. The number of allylic oxidation sites excluding steroid dienone is 2. The summed E-state index contributed by atoms with van der Waals surface area (Å²) in [5.41, 5.74) is 5.17. The minimum absolute atomic E-state index is 0.0637. The van der Waals surface area contributed by atoms with Crippen LogP contribution in [0.15, 0.2) is 89.0 Å². The number of ketones is 1. The summed E-state index contributed by atoms with van der Waals surface area (Å²) >= 11 is 0. The molecule has 0 radical (unpaired) electrons. The number of fused-ring (bicyclic) bond motifs is 3. The first-order valence-electron chi connectivity index (χ1n) is 13.7. The smallest absolute Gasteiger partial charge is 0.291 e. The van der Waals surface area contributed by atoms with Gasteiger partial charge in [0.15, 0.2) is 11.5 Å². The van der Waals surface area contributed by atoms with Crippen LogP contribution >= 0.6 is 0 Å². The summed E-state index contributed by atoms with van der Waals surface area (Å²) in [6.07, 6.45) is 2.59. The quantitative estimate of drug-likeness (QED) is 0.265. The van der Waals surface area contributed by atoms with Crippen LogP contribution in [-0.2, 0) is 10.2 Å². The number of nitrogens with one attached hydrogen (secondary N) is 3. The predicted octanol–water partition coefficient (Wildman–Crippen LogP) is 5.62. The van der Waals surface area contributed by atoms with E-state index in [4.69, 9.17) is 4.42 Å². The molecule has 3 amide bonds. The van der Waals surface area contributed by atoms with Crippen LogP contribution in [-0.4, -0.2) is 39.9 Å². The zero-order chi connectivity index (χ0) is 28.7. The molecular formula is C33H24N4O5. The summed E-state index contributed by atoms with van der Waals surface area (Å²) in [6, 6.07) is 21.6. The second kappa shape index (κ2) is 8.53. The normalized spacial score (nSPS) is 20.1. The maximum Gasteiger partial charge on any atom is 0.291 e. The number of H-pyrrole nitrogens is 1. The van der Waals surface area contributed by atoms with Crippen molar-refractivity contribution in [2.45, 2.75) is 18.8 Å². The molecule has 206 valence electrons. The number of nitrogens with zero attached hydrogens (tertiary/aromatic N) is 1. The van der Waals surface area contributed by atoms with Crippen molar-refractivity contribution in [3.05, 3.63) is 107 Å². The lowest BCUT2D eigenvalue weighted by molar-refractivity contribution is -0.114. The van der Waals surface area contributed by atoms with E-state index in [1.165, 1.54) is 6.92 Å². The van der Waals surface area contributed by atoms with Gasteiger partial charge in [-0.1, -0.05) is 24.3 Å². The number of benzene rings is 3. The van der Waals surface area contributed by atoms with Gasteiger partial charge in [0, 0.05) is 63.9 Å². The second-order valence-electron chi connectivity index (χ2n) is 11.2. The Morgan fingerprint density at radius 3 is 2.60 bits per heavy atom. The largest absolute Gasteiger partial charge is 0.451 e. The monoisotopic (exact) mass is 556 g/mol. The molecular weight excluding hydrogens is 532 g/mol. The molecule has 1 saturated heterocycles. The SMILES string of the molecule is CC(=O)Nc1ccc2oc(C(=O)Nc3ccc4[nH]c(C(=O)N5CC6CC67C5=CC(=O)c5ccccc57)cc4c3)cc2c1. The van der Waals surface area contributed by atoms with Crippen LogP contribution in [0.25, 0.3) is 21.9 Å². The summed E-state index contributed by atoms with van der Waals surface area (Å²) in [6.45, 7) is 2.00. The molecule has 1 aliphatic heterocycles. The van der Waals surface area contributed by atoms with Gasteiger partial charge in [-0.2, -0.15) is 0 Å². The standard InChI is InChI=1S/C33H24N4O5/c1-17(38)34-21-7-9-28-19(11-21)13-29(42-28)31(40)35-22-6-8-25-18(10-22)12-26(36-25)32(41)37-16-20-15-33(20)24-5-3-2-4-23(24)27(39)14-30(33)37/h2-14,20,36H,15-16H2,1H3,(H,34,38)(H,35,40). The highest BCUT2D eigenvalue weighted by molar-refractivity contribution is 6.10. The molecule has 0 bridgehead atoms. The third kappa shape index (κ3) is 3.56. The van der Waals surface area contributed by atoms with Crippen molar-refractivity contribution in [1.29, 1.82) is 0 Å². The minimum Gasteiger partial charge on any atom is -0.451 e. The van der Waals surface area contributed by atoms with E-state index in [1.54, 1.807) is 53.4 Å². The van der Waals surface area contributed by atoms with Crippen LogP contribution in [0, 0.1) is 5.92 Å². The molecule has 2 atom stereocenters. The first kappa shape index (κ1) is 24.4. The van der Waals surface area contributed by atoms with Crippen molar-refractivity contribution in [3.8, 4) is 0 Å². The number of carbonyl (C=O) groups is 4. The molecule has 1 spiro atoms. The van der Waals surface area contributed by atoms with Gasteiger partial charge in [-0.25, -0.2) is 0 Å². The van der Waals surface area contributed by atoms with Gasteiger partial charge < -0.3 is 24.9 Å². The Hall–Kier alpha value is -5.44. The molecule has 5 aromatic rings. The lowest BCUT2D eigenvalue weighted by Crippen LogP contribution is -2.33. The highest BCUT2D eigenvalue weighted by atomic mass is 16.3. The number of hydrogen-bond acceptors (Lipinski definition) is 5. The molecule has 3 aliphatic rings. The number of aromatic amines is 1. The number of amides is 3. The van der Waals surface area contributed by atoms with Crippen molar-refractivity contribution in [2.75, 3.05) is 17.2 Å². The van der Waals surface area contributed by atoms with E-state index in [1.807, 2.05) is 30.3 Å². The zero-order valence-electron chi connectivity index (χ0n) is 22.5. The number of aromatic nitrogens is 1. The highest BCUT2D eigenvalue weighted by Gasteiger charge is 2.67. The van der Waals surface area contributed by atoms with Gasteiger partial charge in [0.05, 0.1) is 0 Å². The van der Waals surface area contributed by atoms with Crippen molar-refractivity contribution in [3.63, 3.8) is 0 Å². The van der Waals surface area contributed by atoms with Gasteiger partial charge in [-0.15, -0.1) is 0 Å². The fourth-order valence-electron chi connectivity index (χ4n) is 6.68. The molecule has 3 N–H and O–H groups in total. The van der Waals surface area contributed by atoms with Gasteiger partial charge in [0.25, 0.3) is 11.8 Å². The van der Waals surface area contributed by atoms with Crippen molar-refractivity contribution >= 4 is 56.8 Å². The van der Waals surface area contributed by atoms with Gasteiger partial charge >= 0.3 is 0 Å². The second-order valence-corrected chi connectivity index (χ2v) is 11.2. The number of hydrogen-bond donors (Lipinski definition) is 3. The number of piperidine rings is 1. The number of carbonyl (C=O) groups excluding carboxylic acids is 4. The van der Waals surface area contributed by atoms with E-state index in [0.717, 1.165) is 34.1 Å². The van der Waals surface area contributed by atoms with Gasteiger partial charge in [0.1, 0.15) is 11.3 Å². The van der Waals surface area contributed by atoms with Crippen LogP contribution in [0.1, 0.15) is 50.3 Å². The summed E-state index contributed by atoms with van der Waals surface area (Å²) in [4.78, 5) is 55.9. The van der Waals surface area contributed by atoms with Gasteiger partial charge in [-0.05, 0) is 66.4 Å². The summed E-state index contributed by atoms with van der Waals surface area (Å²) in [5.74, 6) is -0.409. The van der Waals surface area contributed by atoms with Gasteiger partial charge in [0.2, 0.25) is 5.91 Å². The van der Waals surface area contributed by atoms with Crippen LogP contribution in [0.2, 0.25) is 0 Å². The predicted molar refractivity (Wildman–Crippen MR) is 156 cm³/mol. The fourth-order valence-corrected chi connectivity index (χ4v) is 6.68. The van der Waals surface area contributed by atoms with Gasteiger partial charge in [-0.3, -0.25) is 19.2 Å². The number of likely N-dealkylation sites (tertiary alicyclic amines) is 1. The molecule has 2 unspecified atom stereocenters. The number of furan rings is 1. The van der Waals surface area contributed by atoms with Crippen molar-refractivity contribution in [1.82, 2.24) is 9.88 Å². The molecule has 9 nitrogen and oxygen atoms in total. The first-order valence-corrected chi connectivity index (χ1v) is 13.7. The Kier molecular flexibility index (Phi) is 4.95. The minimum atomic E-state index is -0.422. The third-order valence-corrected chi connectivity index (χ3v) is 8.61. The fraction of sp³-hybridized carbons (Fsp3) is 0.152. The zero-order valence-corrected chi connectivity index (χ0v) is 22.5. The van der Waals surface area contributed by atoms with Crippen LogP contribution < -0.4 is 10.6 Å². The summed E-state index contributed by atoms with van der Waals surface area (Å²) in [7, 11) is 0. The van der Waals surface area contributed by atoms with E-state index in [9.17, 15) is 19.2 Å². The van der Waals surface area contributed by atoms with E-state index in [2.05, 4.69) is 15.6 Å². The van der Waals surface area contributed by atoms with Crippen LogP contribution in [0.4, 0.5) is 11.4 Å². The maximum absolute atomic E-state index is 13.7. The van der Waals surface area contributed by atoms with Crippen molar-refractivity contribution < 1.29 is 23.6 Å². The van der Waals surface area contributed by atoms with E-state index in [-0.39, 0.29) is 28.8 Å². The van der Waals surface area contributed by atoms with Crippen molar-refractivity contribution in [2.24, 2.45) is 5.92 Å². The lowest BCUT2D eigenvalue weighted by atomic mass is 9.81. The topological polar surface area (TPSA) is 125 Å². The average molecular weight is 557 g/mol. The summed E-state index contributed by atoms with van der Waals surface area (Å²) < 4.78 is 5.72. The van der Waals surface area contributed by atoms with E-state index < -0.39 is 5.91 Å². The maximum atomic E-state index is 13.7. The van der Waals surface area contributed by atoms with E-state index >= 15 is 0 Å². The Labute approximate surface area is 239 Å². The molecule has 9 heteroatoms. The molecule has 1 saturated carbocycles. The van der Waals surface area contributed by atoms with E-state index in [0.29, 0.717) is 40.5 Å². The lowest BCUT2D eigenvalue weighted by Gasteiger charge is -2.29. The molecule has 2 fully saturated rings. The molecule has 2 aromatic heterocycles. The average Bonchev–Trinajstić information content (AvgIpc) is 3.27. The molecule has 2 aliphatic carbocycles. The Morgan fingerprint density at radius 1 is 0.952 bits per heavy atom.